The summed E-state index contributed by atoms with van der Waals surface area (Å²) in [5.41, 5.74) is 2.88. The molecule has 0 unspecified atom stereocenters. The molecule has 2 amide bonds. The molecule has 3 fully saturated rings. The van der Waals surface area contributed by atoms with Crippen LogP contribution < -0.4 is 16.0 Å². The van der Waals surface area contributed by atoms with Crippen LogP contribution in [0.25, 0.3) is 33.6 Å². The van der Waals surface area contributed by atoms with Crippen molar-refractivity contribution in [3.63, 3.8) is 0 Å². The maximum Gasteiger partial charge on any atom is 0.263 e. The van der Waals surface area contributed by atoms with E-state index in [-0.39, 0.29) is 24.6 Å². The number of aryl methyl sites for hydroxylation is 1. The molecule has 4 aromatic rings. The molecule has 13 heteroatoms. The number of hydrogen-bond donors (Lipinski definition) is 3. The second kappa shape index (κ2) is 11.3. The standard InChI is InChI=1S/C34H37F4N7O2/c1-17-24-9-6-18-13-28(44(30(18)41-24)12-4-2-3-5-21-29(33(47)40-17)34(21,37)38)31-42-25-14-20(23(36)15-27(25)45(31)19-7-8-19)32(46)43-26-16-39-11-10-22(26)35/h6,9,13-15,17,19,21-22,26,29,39H,2-5,7-8,10-12,16H2,1H3,(H,40,47)(H,43,46)/t17-,21-,22+,26+,29+/m1/s1. The molecule has 5 atom stereocenters. The third-order valence-corrected chi connectivity index (χ3v) is 10.3. The van der Waals surface area contributed by atoms with Gasteiger partial charge < -0.3 is 25.1 Å². The van der Waals surface area contributed by atoms with Crippen LogP contribution in [0.2, 0.25) is 0 Å². The third kappa shape index (κ3) is 5.26. The predicted octanol–water partition coefficient (Wildman–Crippen LogP) is 5.59. The first-order chi connectivity index (χ1) is 22.6. The van der Waals surface area contributed by atoms with E-state index >= 15 is 4.39 Å². The monoisotopic (exact) mass is 651 g/mol. The van der Waals surface area contributed by atoms with E-state index in [1.165, 1.54) is 12.1 Å². The van der Waals surface area contributed by atoms with Crippen LogP contribution in [0.5, 0.6) is 0 Å². The van der Waals surface area contributed by atoms with Gasteiger partial charge in [0.25, 0.3) is 11.8 Å². The smallest absolute Gasteiger partial charge is 0.263 e. The Morgan fingerprint density at radius 1 is 1.06 bits per heavy atom. The lowest BCUT2D eigenvalue weighted by atomic mass is 10.0. The van der Waals surface area contributed by atoms with Crippen LogP contribution in [0.15, 0.2) is 30.3 Å². The van der Waals surface area contributed by atoms with Crippen LogP contribution in [0.3, 0.4) is 0 Å². The molecule has 3 N–H and O–H groups in total. The number of pyridine rings is 1. The molecule has 248 valence electrons. The number of carbonyl (C=O) groups is 2. The summed E-state index contributed by atoms with van der Waals surface area (Å²) >= 11 is 0. The van der Waals surface area contributed by atoms with Crippen molar-refractivity contribution in [2.75, 3.05) is 13.1 Å². The number of nitrogens with zero attached hydrogens (tertiary/aromatic N) is 4. The number of amides is 2. The van der Waals surface area contributed by atoms with E-state index in [1.807, 2.05) is 16.7 Å². The summed E-state index contributed by atoms with van der Waals surface area (Å²) in [6.07, 6.45) is 3.16. The summed E-state index contributed by atoms with van der Waals surface area (Å²) in [6, 6.07) is 7.30. The summed E-state index contributed by atoms with van der Waals surface area (Å²) in [5, 5.41) is 9.32. The first-order valence-electron chi connectivity index (χ1n) is 16.7. The molecule has 3 aromatic heterocycles. The zero-order valence-corrected chi connectivity index (χ0v) is 26.0. The van der Waals surface area contributed by atoms with Gasteiger partial charge in [0.1, 0.15) is 23.6 Å². The molecule has 0 spiro atoms. The maximum atomic E-state index is 15.6. The maximum absolute atomic E-state index is 15.6. The minimum Gasteiger partial charge on any atom is -0.348 e. The van der Waals surface area contributed by atoms with Crippen LogP contribution >= 0.6 is 0 Å². The Kier molecular flexibility index (Phi) is 7.30. The molecule has 0 radical (unpaired) electrons. The van der Waals surface area contributed by atoms with E-state index in [9.17, 15) is 22.8 Å². The largest absolute Gasteiger partial charge is 0.348 e. The first kappa shape index (κ1) is 30.3. The molecule has 47 heavy (non-hydrogen) atoms. The summed E-state index contributed by atoms with van der Waals surface area (Å²) in [5.74, 6) is -6.60. The summed E-state index contributed by atoms with van der Waals surface area (Å²) in [4.78, 5) is 35.8. The first-order valence-corrected chi connectivity index (χ1v) is 16.7. The second-order valence-corrected chi connectivity index (χ2v) is 13.6. The number of carbonyl (C=O) groups excluding carboxylic acids is 2. The van der Waals surface area contributed by atoms with Crippen LogP contribution in [-0.2, 0) is 11.3 Å². The minimum absolute atomic E-state index is 0.117. The number of halogens is 4. The molecule has 2 saturated carbocycles. The average Bonchev–Trinajstić information content (AvgIpc) is 3.88. The number of benzene rings is 1. The van der Waals surface area contributed by atoms with Gasteiger partial charge in [-0.15, -0.1) is 0 Å². The van der Waals surface area contributed by atoms with Gasteiger partial charge in [0, 0.05) is 36.5 Å². The Morgan fingerprint density at radius 2 is 1.89 bits per heavy atom. The van der Waals surface area contributed by atoms with Crippen molar-refractivity contribution in [2.45, 2.75) is 88.6 Å². The Bertz CT molecular complexity index is 1900. The lowest BCUT2D eigenvalue weighted by Crippen LogP contribution is -2.52. The van der Waals surface area contributed by atoms with Gasteiger partial charge >= 0.3 is 0 Å². The van der Waals surface area contributed by atoms with E-state index in [1.54, 1.807) is 13.0 Å². The van der Waals surface area contributed by atoms with E-state index in [2.05, 4.69) is 20.5 Å². The number of hydrogen-bond acceptors (Lipinski definition) is 5. The Labute approximate surface area is 268 Å². The number of imidazole rings is 1. The molecule has 2 bridgehead atoms. The van der Waals surface area contributed by atoms with Crippen molar-refractivity contribution in [2.24, 2.45) is 11.8 Å². The Balaban J connectivity index is 1.18. The number of fused-ring (bicyclic) bond motifs is 3. The van der Waals surface area contributed by atoms with Crippen LogP contribution in [-0.4, -0.2) is 62.1 Å². The topological polar surface area (TPSA) is 106 Å². The number of alkyl halides is 3. The highest BCUT2D eigenvalue weighted by Gasteiger charge is 2.71. The molecular weight excluding hydrogens is 614 g/mol. The molecule has 8 rings (SSSR count). The summed E-state index contributed by atoms with van der Waals surface area (Å²) in [6.45, 7) is 3.11. The highest BCUT2D eigenvalue weighted by Crippen LogP contribution is 2.58. The van der Waals surface area contributed by atoms with Crippen LogP contribution in [0, 0.1) is 17.7 Å². The van der Waals surface area contributed by atoms with Crippen molar-refractivity contribution in [3.05, 3.63) is 47.4 Å². The highest BCUT2D eigenvalue weighted by atomic mass is 19.3. The number of aromatic nitrogens is 4. The number of piperidine rings is 1. The van der Waals surface area contributed by atoms with E-state index in [0.29, 0.717) is 67.0 Å². The van der Waals surface area contributed by atoms with E-state index in [4.69, 9.17) is 9.97 Å². The molecule has 4 aliphatic rings. The fourth-order valence-electron chi connectivity index (χ4n) is 7.48. The zero-order valence-electron chi connectivity index (χ0n) is 26.0. The van der Waals surface area contributed by atoms with Gasteiger partial charge in [-0.25, -0.2) is 27.5 Å². The lowest BCUT2D eigenvalue weighted by molar-refractivity contribution is -0.125. The Hall–Kier alpha value is -4.00. The van der Waals surface area contributed by atoms with Crippen molar-refractivity contribution < 1.29 is 27.2 Å². The van der Waals surface area contributed by atoms with E-state index < -0.39 is 53.6 Å². The van der Waals surface area contributed by atoms with Crippen LogP contribution in [0.1, 0.15) is 80.0 Å². The van der Waals surface area contributed by atoms with Crippen molar-refractivity contribution >= 4 is 33.9 Å². The van der Waals surface area contributed by atoms with Crippen molar-refractivity contribution in [1.82, 2.24) is 35.1 Å². The molecule has 1 aromatic carbocycles. The summed E-state index contributed by atoms with van der Waals surface area (Å²) in [7, 11) is 0. The van der Waals surface area contributed by atoms with E-state index in [0.717, 1.165) is 23.9 Å². The van der Waals surface area contributed by atoms with Crippen molar-refractivity contribution in [3.8, 4) is 11.5 Å². The van der Waals surface area contributed by atoms with Gasteiger partial charge in [-0.3, -0.25) is 9.59 Å². The molecule has 2 aliphatic heterocycles. The highest BCUT2D eigenvalue weighted by molar-refractivity contribution is 5.98. The predicted molar refractivity (Wildman–Crippen MR) is 167 cm³/mol. The zero-order chi connectivity index (χ0) is 32.6. The van der Waals surface area contributed by atoms with Gasteiger partial charge in [-0.1, -0.05) is 12.8 Å². The molecule has 9 nitrogen and oxygen atoms in total. The second-order valence-electron chi connectivity index (χ2n) is 13.6. The minimum atomic E-state index is -2.98. The summed E-state index contributed by atoms with van der Waals surface area (Å²) < 4.78 is 63.1. The normalized spacial score (nSPS) is 27.8. The Morgan fingerprint density at radius 3 is 2.68 bits per heavy atom. The van der Waals surface area contributed by atoms with Crippen LogP contribution in [0.4, 0.5) is 17.6 Å². The average molecular weight is 652 g/mol. The number of rotatable bonds is 4. The van der Waals surface area contributed by atoms with Gasteiger partial charge in [-0.05, 0) is 69.8 Å². The molecular formula is C34H37F4N7O2. The quantitative estimate of drug-likeness (QED) is 0.250. The van der Waals surface area contributed by atoms with Gasteiger partial charge in [0.15, 0.2) is 5.82 Å². The van der Waals surface area contributed by atoms with Gasteiger partial charge in [0.2, 0.25) is 5.91 Å². The fourth-order valence-corrected chi connectivity index (χ4v) is 7.48. The third-order valence-electron chi connectivity index (χ3n) is 10.3. The van der Waals surface area contributed by atoms with Gasteiger partial charge in [0.05, 0.1) is 40.1 Å². The molecule has 2 aliphatic carbocycles. The lowest BCUT2D eigenvalue weighted by Gasteiger charge is -2.27. The molecule has 5 heterocycles. The van der Waals surface area contributed by atoms with Crippen molar-refractivity contribution in [1.29, 1.82) is 0 Å². The van der Waals surface area contributed by atoms with Gasteiger partial charge in [-0.2, -0.15) is 0 Å². The number of nitrogens with one attached hydrogen (secondary N) is 3. The fraction of sp³-hybridized carbons (Fsp3) is 0.529. The molecule has 1 saturated heterocycles. The SMILES string of the molecule is C[C@H]1NC(=O)[C@@H]2[C@@H](CCCCCn3c(-c4nc5cc(C(=O)N[C@H]6CNCC[C@@H]6F)c(F)cc5n4C4CC4)cc4ccc1nc43)C2(F)F.